The highest BCUT2D eigenvalue weighted by atomic mass is 32.2. The fourth-order valence-electron chi connectivity index (χ4n) is 2.44. The van der Waals surface area contributed by atoms with E-state index in [1.165, 1.54) is 0 Å². The Bertz CT molecular complexity index is 715. The quantitative estimate of drug-likeness (QED) is 0.839. The molecule has 3 heteroatoms. The van der Waals surface area contributed by atoms with Crippen LogP contribution in [0.4, 0.5) is 0 Å². The fourth-order valence-corrected chi connectivity index (χ4v) is 4.24. The van der Waals surface area contributed by atoms with Gasteiger partial charge < -0.3 is 0 Å². The van der Waals surface area contributed by atoms with Gasteiger partial charge in [-0.3, -0.25) is 0 Å². The first-order valence-electron chi connectivity index (χ1n) is 6.22. The summed E-state index contributed by atoms with van der Waals surface area (Å²) in [5, 5.41) is 0. The van der Waals surface area contributed by atoms with Gasteiger partial charge in [0.1, 0.15) is 0 Å². The lowest BCUT2D eigenvalue weighted by atomic mass is 10.00. The number of sulfone groups is 1. The van der Waals surface area contributed by atoms with Gasteiger partial charge in [0.05, 0.1) is 10.6 Å². The second kappa shape index (κ2) is 4.67. The van der Waals surface area contributed by atoms with Crippen LogP contribution in [0.1, 0.15) is 17.0 Å². The zero-order valence-corrected chi connectivity index (χ0v) is 11.2. The number of fused-ring (bicyclic) bond motifs is 1. The van der Waals surface area contributed by atoms with Gasteiger partial charge in [-0.2, -0.15) is 0 Å². The molecule has 2 aromatic carbocycles. The molecule has 3 rings (SSSR count). The van der Waals surface area contributed by atoms with Crippen molar-refractivity contribution in [1.29, 1.82) is 0 Å². The first-order valence-corrected chi connectivity index (χ1v) is 7.87. The summed E-state index contributed by atoms with van der Waals surface area (Å²) in [6.45, 7) is 0. The van der Waals surface area contributed by atoms with Crippen LogP contribution >= 0.6 is 0 Å². The third-order valence-electron chi connectivity index (χ3n) is 3.37. The molecule has 0 saturated carbocycles. The summed E-state index contributed by atoms with van der Waals surface area (Å²) in [4.78, 5) is 0.484. The lowest BCUT2D eigenvalue weighted by Crippen LogP contribution is -2.01. The van der Waals surface area contributed by atoms with E-state index in [1.54, 1.807) is 12.1 Å². The average molecular weight is 270 g/mol. The number of hydrogen-bond acceptors (Lipinski definition) is 2. The highest BCUT2D eigenvalue weighted by Crippen LogP contribution is 2.35. The summed E-state index contributed by atoms with van der Waals surface area (Å²) in [5.41, 5.74) is 2.00. The van der Waals surface area contributed by atoms with E-state index < -0.39 is 9.84 Å². The van der Waals surface area contributed by atoms with Crippen LogP contribution in [0.5, 0.6) is 0 Å². The van der Waals surface area contributed by atoms with Crippen molar-refractivity contribution in [2.45, 2.75) is 10.8 Å². The highest BCUT2D eigenvalue weighted by molar-refractivity contribution is 7.91. The van der Waals surface area contributed by atoms with Gasteiger partial charge in [0.2, 0.25) is 0 Å². The summed E-state index contributed by atoms with van der Waals surface area (Å²) in [5.74, 6) is 0.136. The monoisotopic (exact) mass is 270 g/mol. The summed E-state index contributed by atoms with van der Waals surface area (Å²) < 4.78 is 24.1. The smallest absolute Gasteiger partial charge is 0.179 e. The minimum Gasteiger partial charge on any atom is -0.224 e. The maximum Gasteiger partial charge on any atom is 0.179 e. The van der Waals surface area contributed by atoms with E-state index in [1.807, 2.05) is 54.6 Å². The third-order valence-corrected chi connectivity index (χ3v) is 5.21. The average Bonchev–Trinajstić information content (AvgIpc) is 2.70. The second-order valence-electron chi connectivity index (χ2n) is 4.70. The molecule has 0 aliphatic carbocycles. The van der Waals surface area contributed by atoms with E-state index in [-0.39, 0.29) is 11.7 Å². The van der Waals surface area contributed by atoms with Crippen LogP contribution in [-0.4, -0.2) is 14.2 Å². The van der Waals surface area contributed by atoms with Gasteiger partial charge in [0.15, 0.2) is 9.84 Å². The van der Waals surface area contributed by atoms with Crippen molar-refractivity contribution in [1.82, 2.24) is 0 Å². The van der Waals surface area contributed by atoms with Gasteiger partial charge in [-0.25, -0.2) is 8.42 Å². The molecule has 1 heterocycles. The minimum absolute atomic E-state index is 0.0404. The number of benzene rings is 2. The molecule has 2 aromatic rings. The van der Waals surface area contributed by atoms with E-state index in [9.17, 15) is 8.42 Å². The molecule has 19 heavy (non-hydrogen) atoms. The first kappa shape index (κ1) is 12.2. The van der Waals surface area contributed by atoms with Crippen molar-refractivity contribution in [2.24, 2.45) is 0 Å². The van der Waals surface area contributed by atoms with Crippen molar-refractivity contribution in [2.75, 3.05) is 5.75 Å². The van der Waals surface area contributed by atoms with Gasteiger partial charge in [0.25, 0.3) is 0 Å². The molecule has 0 bridgehead atoms. The zero-order chi connectivity index (χ0) is 13.3. The van der Waals surface area contributed by atoms with E-state index in [4.69, 9.17) is 0 Å². The Labute approximate surface area is 113 Å². The van der Waals surface area contributed by atoms with Gasteiger partial charge >= 0.3 is 0 Å². The Balaban J connectivity index is 1.95. The Morgan fingerprint density at radius 1 is 0.947 bits per heavy atom. The lowest BCUT2D eigenvalue weighted by molar-refractivity contribution is 0.599. The first-order chi connectivity index (χ1) is 9.17. The standard InChI is InChI=1S/C16H14O2S/c17-19(18)12-14(15-8-4-5-9-16(15)19)11-10-13-6-2-1-3-7-13/h1-11,14H,12H2. The fraction of sp³-hybridized carbons (Fsp3) is 0.125. The van der Waals surface area contributed by atoms with Crippen LogP contribution in [0, 0.1) is 0 Å². The van der Waals surface area contributed by atoms with Crippen LogP contribution in [0.3, 0.4) is 0 Å². The second-order valence-corrected chi connectivity index (χ2v) is 6.70. The van der Waals surface area contributed by atoms with Gasteiger partial charge in [-0.05, 0) is 17.2 Å². The van der Waals surface area contributed by atoms with Crippen molar-refractivity contribution < 1.29 is 8.42 Å². The maximum atomic E-state index is 12.0. The van der Waals surface area contributed by atoms with Crippen LogP contribution in [0.2, 0.25) is 0 Å². The largest absolute Gasteiger partial charge is 0.224 e. The molecule has 1 atom stereocenters. The maximum absolute atomic E-state index is 12.0. The Morgan fingerprint density at radius 3 is 2.42 bits per heavy atom. The van der Waals surface area contributed by atoms with Crippen LogP contribution in [0.25, 0.3) is 6.08 Å². The molecular formula is C16H14O2S. The molecular weight excluding hydrogens is 256 g/mol. The zero-order valence-electron chi connectivity index (χ0n) is 10.4. The van der Waals surface area contributed by atoms with Crippen LogP contribution in [-0.2, 0) is 9.84 Å². The predicted molar refractivity (Wildman–Crippen MR) is 76.7 cm³/mol. The molecule has 0 N–H and O–H groups in total. The predicted octanol–water partition coefficient (Wildman–Crippen LogP) is 3.27. The van der Waals surface area contributed by atoms with Gasteiger partial charge in [-0.1, -0.05) is 60.7 Å². The van der Waals surface area contributed by atoms with Gasteiger partial charge in [-0.15, -0.1) is 0 Å². The molecule has 0 spiro atoms. The number of hydrogen-bond donors (Lipinski definition) is 0. The van der Waals surface area contributed by atoms with E-state index in [2.05, 4.69) is 0 Å². The molecule has 0 radical (unpaired) electrons. The molecule has 0 aromatic heterocycles. The summed E-state index contributed by atoms with van der Waals surface area (Å²) in [6, 6.07) is 17.2. The number of rotatable bonds is 2. The third kappa shape index (κ3) is 2.34. The molecule has 1 aliphatic rings. The summed E-state index contributed by atoms with van der Waals surface area (Å²) in [6.07, 6.45) is 3.97. The van der Waals surface area contributed by atoms with E-state index >= 15 is 0 Å². The Morgan fingerprint density at radius 2 is 1.63 bits per heavy atom. The topological polar surface area (TPSA) is 34.1 Å². The molecule has 1 aliphatic heterocycles. The van der Waals surface area contributed by atoms with Crippen molar-refractivity contribution >= 4 is 15.9 Å². The molecule has 1 unspecified atom stereocenters. The SMILES string of the molecule is O=S1(=O)CC(C=Cc2ccccc2)c2ccccc21. The molecule has 0 amide bonds. The Hall–Kier alpha value is -1.87. The van der Waals surface area contributed by atoms with Gasteiger partial charge in [0, 0.05) is 5.92 Å². The highest BCUT2D eigenvalue weighted by Gasteiger charge is 2.32. The molecule has 2 nitrogen and oxygen atoms in total. The molecule has 96 valence electrons. The van der Waals surface area contributed by atoms with E-state index in [0.717, 1.165) is 11.1 Å². The molecule has 0 fully saturated rings. The Kier molecular flexibility index (Phi) is 2.99. The number of allylic oxidation sites excluding steroid dienone is 1. The minimum atomic E-state index is -3.11. The van der Waals surface area contributed by atoms with Crippen molar-refractivity contribution in [3.63, 3.8) is 0 Å². The summed E-state index contributed by atoms with van der Waals surface area (Å²) in [7, 11) is -3.11. The van der Waals surface area contributed by atoms with Crippen LogP contribution in [0.15, 0.2) is 65.6 Å². The summed E-state index contributed by atoms with van der Waals surface area (Å²) >= 11 is 0. The van der Waals surface area contributed by atoms with Crippen molar-refractivity contribution in [3.05, 3.63) is 71.8 Å². The normalized spacial score (nSPS) is 20.5. The van der Waals surface area contributed by atoms with Crippen molar-refractivity contribution in [3.8, 4) is 0 Å². The molecule has 0 saturated heterocycles. The lowest BCUT2D eigenvalue weighted by Gasteiger charge is -2.03. The van der Waals surface area contributed by atoms with E-state index in [0.29, 0.717) is 4.90 Å². The van der Waals surface area contributed by atoms with Crippen LogP contribution < -0.4 is 0 Å².